The Labute approximate surface area is 87.1 Å². The van der Waals surface area contributed by atoms with Gasteiger partial charge < -0.3 is 0 Å². The van der Waals surface area contributed by atoms with Gasteiger partial charge in [0.2, 0.25) is 0 Å². The first kappa shape index (κ1) is 11.9. The van der Waals surface area contributed by atoms with E-state index >= 15 is 0 Å². The van der Waals surface area contributed by atoms with Gasteiger partial charge in [-0.05, 0) is 11.6 Å². The summed E-state index contributed by atoms with van der Waals surface area (Å²) in [6.45, 7) is 0. The van der Waals surface area contributed by atoms with Gasteiger partial charge in [-0.25, -0.2) is 8.42 Å². The van der Waals surface area contributed by atoms with E-state index in [0.717, 1.165) is 6.08 Å². The fourth-order valence-corrected chi connectivity index (χ4v) is 1.85. The Morgan fingerprint density at radius 2 is 1.53 bits per heavy atom. The highest BCUT2D eigenvalue weighted by atomic mass is 33.2. The molecule has 82 valence electrons. The van der Waals surface area contributed by atoms with Gasteiger partial charge in [0.1, 0.15) is 0 Å². The van der Waals surface area contributed by atoms with Crippen LogP contribution in [0.3, 0.4) is 0 Å². The Bertz CT molecular complexity index is 554. The molecular formula is C8H8O5S2. The van der Waals surface area contributed by atoms with E-state index in [9.17, 15) is 16.8 Å². The van der Waals surface area contributed by atoms with Crippen LogP contribution in [0.15, 0.2) is 35.7 Å². The molecule has 15 heavy (non-hydrogen) atoms. The third kappa shape index (κ3) is 3.15. The molecule has 1 N–H and O–H groups in total. The molecule has 1 aromatic rings. The van der Waals surface area contributed by atoms with E-state index in [-0.39, 0.29) is 0 Å². The van der Waals surface area contributed by atoms with Crippen LogP contribution in [0, 0.1) is 0 Å². The molecule has 0 amide bonds. The summed E-state index contributed by atoms with van der Waals surface area (Å²) in [5.74, 6) is 0. The van der Waals surface area contributed by atoms with Crippen LogP contribution in [0.25, 0.3) is 6.08 Å². The lowest BCUT2D eigenvalue weighted by Crippen LogP contribution is -2.10. The Balaban J connectivity index is 3.04. The van der Waals surface area contributed by atoms with Crippen molar-refractivity contribution in [1.82, 2.24) is 0 Å². The normalized spacial score (nSPS) is 13.1. The molecule has 0 spiro atoms. The molecule has 0 saturated carbocycles. The first-order valence-corrected chi connectivity index (χ1v) is 7.29. The average molecular weight is 248 g/mol. The second kappa shape index (κ2) is 4.13. The zero-order valence-electron chi connectivity index (χ0n) is 7.44. The van der Waals surface area contributed by atoms with Crippen molar-refractivity contribution in [2.45, 2.75) is 0 Å². The fourth-order valence-electron chi connectivity index (χ4n) is 0.796. The molecular weight excluding hydrogens is 240 g/mol. The van der Waals surface area contributed by atoms with Crippen LogP contribution in [0.1, 0.15) is 5.56 Å². The maximum absolute atomic E-state index is 10.9. The van der Waals surface area contributed by atoms with Crippen LogP contribution >= 0.6 is 0 Å². The molecule has 5 nitrogen and oxygen atoms in total. The average Bonchev–Trinajstić information content (AvgIpc) is 2.15. The summed E-state index contributed by atoms with van der Waals surface area (Å²) in [5.41, 5.74) is 0.518. The van der Waals surface area contributed by atoms with E-state index in [2.05, 4.69) is 0 Å². The quantitative estimate of drug-likeness (QED) is 0.633. The summed E-state index contributed by atoms with van der Waals surface area (Å²) in [6, 6.07) is 8.25. The Hall–Kier alpha value is -1.18. The highest BCUT2D eigenvalue weighted by Gasteiger charge is 2.23. The second-order valence-corrected chi connectivity index (χ2v) is 7.40. The summed E-state index contributed by atoms with van der Waals surface area (Å²) in [4.78, 5) is 0. The van der Waals surface area contributed by atoms with E-state index in [0.29, 0.717) is 11.0 Å². The van der Waals surface area contributed by atoms with Crippen molar-refractivity contribution in [3.63, 3.8) is 0 Å². The molecule has 0 aliphatic heterocycles. The zero-order valence-corrected chi connectivity index (χ0v) is 9.07. The predicted molar refractivity (Wildman–Crippen MR) is 55.9 cm³/mol. The third-order valence-corrected chi connectivity index (χ3v) is 4.67. The van der Waals surface area contributed by atoms with Gasteiger partial charge in [0.25, 0.3) is 8.87 Å². The molecule has 0 aromatic heterocycles. The molecule has 0 bridgehead atoms. The van der Waals surface area contributed by atoms with E-state index in [1.54, 1.807) is 30.3 Å². The first-order valence-electron chi connectivity index (χ1n) is 3.78. The Kier molecular flexibility index (Phi) is 3.28. The van der Waals surface area contributed by atoms with Gasteiger partial charge in [-0.1, -0.05) is 30.3 Å². The van der Waals surface area contributed by atoms with Gasteiger partial charge in [0, 0.05) is 5.41 Å². The predicted octanol–water partition coefficient (Wildman–Crippen LogP) is 0.875. The van der Waals surface area contributed by atoms with Crippen LogP contribution in [-0.2, 0) is 18.0 Å². The second-order valence-electron chi connectivity index (χ2n) is 2.63. The molecule has 0 saturated heterocycles. The molecule has 7 heteroatoms. The molecule has 1 rings (SSSR count). The largest absolute Gasteiger partial charge is 0.376 e. The van der Waals surface area contributed by atoms with Crippen molar-refractivity contribution < 1.29 is 21.4 Å². The fraction of sp³-hybridized carbons (Fsp3) is 0. The van der Waals surface area contributed by atoms with Crippen LogP contribution in [0.5, 0.6) is 0 Å². The molecule has 0 radical (unpaired) electrons. The molecule has 0 fully saturated rings. The standard InChI is InChI=1S/C8H8O5S2/c9-14(10,15(11,12)13)7-6-8-4-2-1-3-5-8/h1-7H,(H,11,12,13). The van der Waals surface area contributed by atoms with E-state index < -0.39 is 18.0 Å². The monoisotopic (exact) mass is 248 g/mol. The summed E-state index contributed by atoms with van der Waals surface area (Å²) < 4.78 is 50.9. The number of rotatable bonds is 3. The molecule has 0 atom stereocenters. The summed E-state index contributed by atoms with van der Waals surface area (Å²) in [7, 11) is -9.74. The maximum atomic E-state index is 10.9. The van der Waals surface area contributed by atoms with Gasteiger partial charge in [-0.2, -0.15) is 8.42 Å². The number of hydrogen-bond acceptors (Lipinski definition) is 4. The van der Waals surface area contributed by atoms with Crippen LogP contribution in [-0.4, -0.2) is 21.4 Å². The number of hydrogen-bond donors (Lipinski definition) is 1. The van der Waals surface area contributed by atoms with Crippen molar-refractivity contribution >= 4 is 24.1 Å². The molecule has 0 heterocycles. The lowest BCUT2D eigenvalue weighted by Gasteiger charge is -1.93. The summed E-state index contributed by atoms with van der Waals surface area (Å²) in [5, 5.41) is 0.442. The minimum absolute atomic E-state index is 0.442. The van der Waals surface area contributed by atoms with Crippen LogP contribution in [0.4, 0.5) is 0 Å². The van der Waals surface area contributed by atoms with Gasteiger partial charge >= 0.3 is 9.15 Å². The topological polar surface area (TPSA) is 88.5 Å². The van der Waals surface area contributed by atoms with Gasteiger partial charge in [-0.15, -0.1) is 0 Å². The first-order chi connectivity index (χ1) is 6.83. The van der Waals surface area contributed by atoms with E-state index in [1.807, 2.05) is 0 Å². The molecule has 0 aliphatic carbocycles. The Morgan fingerprint density at radius 3 is 2.00 bits per heavy atom. The van der Waals surface area contributed by atoms with Crippen LogP contribution < -0.4 is 0 Å². The van der Waals surface area contributed by atoms with E-state index in [4.69, 9.17) is 4.55 Å². The van der Waals surface area contributed by atoms with Crippen molar-refractivity contribution in [1.29, 1.82) is 0 Å². The molecule has 1 aromatic carbocycles. The van der Waals surface area contributed by atoms with Crippen LogP contribution in [0.2, 0.25) is 0 Å². The van der Waals surface area contributed by atoms with E-state index in [1.165, 1.54) is 0 Å². The van der Waals surface area contributed by atoms with Gasteiger partial charge in [-0.3, -0.25) is 4.55 Å². The van der Waals surface area contributed by atoms with Gasteiger partial charge in [0.05, 0.1) is 0 Å². The number of benzene rings is 1. The lowest BCUT2D eigenvalue weighted by molar-refractivity contribution is 0.494. The summed E-state index contributed by atoms with van der Waals surface area (Å²) >= 11 is 0. The third-order valence-electron chi connectivity index (χ3n) is 1.52. The van der Waals surface area contributed by atoms with Gasteiger partial charge in [0.15, 0.2) is 0 Å². The lowest BCUT2D eigenvalue weighted by atomic mass is 10.2. The highest BCUT2D eigenvalue weighted by molar-refractivity contribution is 8.66. The van der Waals surface area contributed by atoms with Crippen molar-refractivity contribution in [2.75, 3.05) is 0 Å². The zero-order chi connectivity index (χ0) is 11.5. The smallest absolute Gasteiger partial charge is 0.273 e. The minimum atomic E-state index is -5.09. The van der Waals surface area contributed by atoms with Crippen molar-refractivity contribution in [2.24, 2.45) is 0 Å². The maximum Gasteiger partial charge on any atom is 0.376 e. The SMILES string of the molecule is O=S(=O)(O)S(=O)(=O)C=Cc1ccccc1. The Morgan fingerprint density at radius 1 is 1.00 bits per heavy atom. The minimum Gasteiger partial charge on any atom is -0.273 e. The van der Waals surface area contributed by atoms with Crippen molar-refractivity contribution in [3.8, 4) is 0 Å². The molecule has 0 unspecified atom stereocenters. The van der Waals surface area contributed by atoms with Crippen molar-refractivity contribution in [3.05, 3.63) is 41.3 Å². The highest BCUT2D eigenvalue weighted by Crippen LogP contribution is 2.07. The summed E-state index contributed by atoms with van der Waals surface area (Å²) in [6.07, 6.45) is 1.09. The molecule has 0 aliphatic rings.